The summed E-state index contributed by atoms with van der Waals surface area (Å²) in [5, 5.41) is 0. The predicted molar refractivity (Wildman–Crippen MR) is 37.4 cm³/mol. The van der Waals surface area contributed by atoms with Crippen LogP contribution in [-0.2, 0) is 12.8 Å². The Morgan fingerprint density at radius 1 is 1.44 bits per heavy atom. The molecule has 0 N–H and O–H groups in total. The molecule has 1 aliphatic carbocycles. The fourth-order valence-corrected chi connectivity index (χ4v) is 1.36. The highest BCUT2D eigenvalue weighted by molar-refractivity contribution is 5.40. The molecule has 1 aromatic rings. The van der Waals surface area contributed by atoms with Gasteiger partial charge in [-0.3, -0.25) is 0 Å². The van der Waals surface area contributed by atoms with E-state index in [1.165, 1.54) is 29.5 Å². The third-order valence-corrected chi connectivity index (χ3v) is 2.07. The second kappa shape index (κ2) is 1.60. The summed E-state index contributed by atoms with van der Waals surface area (Å²) in [5.74, 6) is 0. The van der Waals surface area contributed by atoms with Gasteiger partial charge in [-0.05, 0) is 42.5 Å². The molecule has 1 radical (unpaired) electrons. The van der Waals surface area contributed by atoms with E-state index >= 15 is 0 Å². The van der Waals surface area contributed by atoms with Gasteiger partial charge in [0.05, 0.1) is 0 Å². The number of hydrogen-bond acceptors (Lipinski definition) is 0. The summed E-state index contributed by atoms with van der Waals surface area (Å²) < 4.78 is 0. The Hall–Kier alpha value is -0.780. The minimum atomic E-state index is 1.28. The first-order valence-corrected chi connectivity index (χ1v) is 3.37. The third-order valence-electron chi connectivity index (χ3n) is 2.07. The van der Waals surface area contributed by atoms with Crippen molar-refractivity contribution in [2.24, 2.45) is 0 Å². The lowest BCUT2D eigenvalue weighted by Crippen LogP contribution is -2.09. The molecule has 1 aromatic carbocycles. The molecule has 2 rings (SSSR count). The smallest absolute Gasteiger partial charge is 0.0149 e. The first-order valence-electron chi connectivity index (χ1n) is 3.37. The lowest BCUT2D eigenvalue weighted by Gasteiger charge is -2.19. The van der Waals surface area contributed by atoms with E-state index in [4.69, 9.17) is 0 Å². The summed E-state index contributed by atoms with van der Waals surface area (Å²) >= 11 is 0. The van der Waals surface area contributed by atoms with Gasteiger partial charge in [0.1, 0.15) is 0 Å². The second-order valence-electron chi connectivity index (χ2n) is 2.61. The quantitative estimate of drug-likeness (QED) is 0.487. The first-order chi connectivity index (χ1) is 4.38. The van der Waals surface area contributed by atoms with E-state index in [2.05, 4.69) is 19.1 Å². The average Bonchev–Trinajstić information content (AvgIpc) is 1.74. The van der Waals surface area contributed by atoms with Gasteiger partial charge in [0.25, 0.3) is 0 Å². The average molecular weight is 117 g/mol. The Bertz CT molecular complexity index is 222. The van der Waals surface area contributed by atoms with Crippen molar-refractivity contribution in [2.45, 2.75) is 19.8 Å². The van der Waals surface area contributed by atoms with E-state index < -0.39 is 0 Å². The second-order valence-corrected chi connectivity index (χ2v) is 2.61. The Kier molecular flexibility index (Phi) is 0.895. The fourth-order valence-electron chi connectivity index (χ4n) is 1.36. The molecule has 0 nitrogen and oxygen atoms in total. The summed E-state index contributed by atoms with van der Waals surface area (Å²) in [4.78, 5) is 0. The van der Waals surface area contributed by atoms with Crippen LogP contribution in [0.4, 0.5) is 0 Å². The van der Waals surface area contributed by atoms with Gasteiger partial charge < -0.3 is 0 Å². The maximum absolute atomic E-state index is 3.19. The van der Waals surface area contributed by atoms with Crippen LogP contribution in [0.1, 0.15) is 16.7 Å². The molecule has 0 aromatic heterocycles. The molecule has 0 atom stereocenters. The van der Waals surface area contributed by atoms with Crippen LogP contribution in [-0.4, -0.2) is 0 Å². The topological polar surface area (TPSA) is 0 Å². The maximum Gasteiger partial charge on any atom is -0.0149 e. The standard InChI is InChI=1S/C9H9/c1-7-3-2-4-8-5-6-9(7)8/h2,4H,5-6H2,1H3. The van der Waals surface area contributed by atoms with Crippen LogP contribution >= 0.6 is 0 Å². The predicted octanol–water partition coefficient (Wildman–Crippen LogP) is 1.89. The SMILES string of the molecule is Cc1[c]ccc2c1CC2. The number of rotatable bonds is 0. The minimum absolute atomic E-state index is 1.28. The van der Waals surface area contributed by atoms with Crippen LogP contribution in [0.3, 0.4) is 0 Å². The van der Waals surface area contributed by atoms with Crippen molar-refractivity contribution >= 4 is 0 Å². The maximum atomic E-state index is 3.19. The molecular formula is C9H9. The molecule has 0 spiro atoms. The van der Waals surface area contributed by atoms with Crippen molar-refractivity contribution < 1.29 is 0 Å². The molecule has 0 amide bonds. The number of fused-ring (bicyclic) bond motifs is 1. The first kappa shape index (κ1) is 5.04. The van der Waals surface area contributed by atoms with E-state index in [-0.39, 0.29) is 0 Å². The molecule has 45 valence electrons. The Labute approximate surface area is 55.5 Å². The lowest BCUT2D eigenvalue weighted by molar-refractivity contribution is 0.827. The van der Waals surface area contributed by atoms with Gasteiger partial charge in [-0.25, -0.2) is 0 Å². The minimum Gasteiger partial charge on any atom is -0.0581 e. The van der Waals surface area contributed by atoms with E-state index in [1.807, 2.05) is 6.07 Å². The van der Waals surface area contributed by atoms with Crippen molar-refractivity contribution in [2.75, 3.05) is 0 Å². The highest BCUT2D eigenvalue weighted by Crippen LogP contribution is 2.24. The van der Waals surface area contributed by atoms with Crippen LogP contribution in [0.5, 0.6) is 0 Å². The van der Waals surface area contributed by atoms with Crippen molar-refractivity contribution in [1.82, 2.24) is 0 Å². The summed E-state index contributed by atoms with van der Waals surface area (Å²) in [7, 11) is 0. The van der Waals surface area contributed by atoms with Gasteiger partial charge in [0.2, 0.25) is 0 Å². The number of benzene rings is 1. The molecule has 0 saturated carbocycles. The zero-order valence-electron chi connectivity index (χ0n) is 5.57. The van der Waals surface area contributed by atoms with Crippen molar-refractivity contribution in [3.63, 3.8) is 0 Å². The summed E-state index contributed by atoms with van der Waals surface area (Å²) in [5.41, 5.74) is 4.42. The van der Waals surface area contributed by atoms with Crippen LogP contribution in [0, 0.1) is 13.0 Å². The Morgan fingerprint density at radius 2 is 2.33 bits per heavy atom. The van der Waals surface area contributed by atoms with Crippen LogP contribution in [0.2, 0.25) is 0 Å². The van der Waals surface area contributed by atoms with Gasteiger partial charge in [-0.15, -0.1) is 0 Å². The molecular weight excluding hydrogens is 108 g/mol. The summed E-state index contributed by atoms with van der Waals surface area (Å²) in [6.45, 7) is 2.14. The molecule has 0 aliphatic heterocycles. The van der Waals surface area contributed by atoms with E-state index in [0.717, 1.165) is 0 Å². The molecule has 0 unspecified atom stereocenters. The summed E-state index contributed by atoms with van der Waals surface area (Å²) in [6.07, 6.45) is 2.56. The zero-order chi connectivity index (χ0) is 6.27. The highest BCUT2D eigenvalue weighted by atomic mass is 14.2. The van der Waals surface area contributed by atoms with E-state index in [1.54, 1.807) is 0 Å². The Morgan fingerprint density at radius 3 is 2.78 bits per heavy atom. The fraction of sp³-hybridized carbons (Fsp3) is 0.333. The zero-order valence-corrected chi connectivity index (χ0v) is 5.57. The van der Waals surface area contributed by atoms with Crippen molar-refractivity contribution in [3.05, 3.63) is 34.9 Å². The molecule has 1 aliphatic rings. The summed E-state index contributed by atoms with van der Waals surface area (Å²) in [6, 6.07) is 7.39. The third kappa shape index (κ3) is 0.593. The molecule has 0 heterocycles. The molecule has 0 saturated heterocycles. The molecule has 9 heavy (non-hydrogen) atoms. The molecule has 0 bridgehead atoms. The number of aryl methyl sites for hydroxylation is 2. The number of hydrogen-bond donors (Lipinski definition) is 0. The van der Waals surface area contributed by atoms with Crippen LogP contribution in [0.25, 0.3) is 0 Å². The Balaban J connectivity index is 2.64. The van der Waals surface area contributed by atoms with Crippen LogP contribution in [0.15, 0.2) is 12.1 Å². The normalized spacial score (nSPS) is 14.3. The van der Waals surface area contributed by atoms with Crippen molar-refractivity contribution in [1.29, 1.82) is 0 Å². The van der Waals surface area contributed by atoms with E-state index in [0.29, 0.717) is 0 Å². The highest BCUT2D eigenvalue weighted by Gasteiger charge is 2.13. The van der Waals surface area contributed by atoms with Gasteiger partial charge >= 0.3 is 0 Å². The monoisotopic (exact) mass is 117 g/mol. The lowest BCUT2D eigenvalue weighted by atomic mass is 9.85. The van der Waals surface area contributed by atoms with Gasteiger partial charge in [0.15, 0.2) is 0 Å². The van der Waals surface area contributed by atoms with Gasteiger partial charge in [-0.1, -0.05) is 12.1 Å². The largest absolute Gasteiger partial charge is 0.0581 e. The van der Waals surface area contributed by atoms with Crippen molar-refractivity contribution in [3.8, 4) is 0 Å². The van der Waals surface area contributed by atoms with Crippen LogP contribution < -0.4 is 0 Å². The van der Waals surface area contributed by atoms with E-state index in [9.17, 15) is 0 Å². The van der Waals surface area contributed by atoms with Gasteiger partial charge in [-0.2, -0.15) is 0 Å². The molecule has 0 heteroatoms. The van der Waals surface area contributed by atoms with Gasteiger partial charge in [0, 0.05) is 0 Å². The molecule has 0 fully saturated rings.